The quantitative estimate of drug-likeness (QED) is 0.776. The van der Waals surface area contributed by atoms with E-state index < -0.39 is 0 Å². The van der Waals surface area contributed by atoms with Gasteiger partial charge in [-0.15, -0.1) is 0 Å². The maximum absolute atomic E-state index is 6.09. The van der Waals surface area contributed by atoms with Crippen LogP contribution in [0.4, 0.5) is 0 Å². The van der Waals surface area contributed by atoms with Gasteiger partial charge >= 0.3 is 0 Å². The van der Waals surface area contributed by atoms with Crippen LogP contribution < -0.4 is 0 Å². The van der Waals surface area contributed by atoms with Gasteiger partial charge in [0, 0.05) is 34.2 Å². The van der Waals surface area contributed by atoms with Gasteiger partial charge in [0.25, 0.3) is 0 Å². The summed E-state index contributed by atoms with van der Waals surface area (Å²) in [5.74, 6) is 0. The Labute approximate surface area is 122 Å². The summed E-state index contributed by atoms with van der Waals surface area (Å²) >= 11 is 6.09. The van der Waals surface area contributed by atoms with E-state index >= 15 is 0 Å². The number of hydrogen-bond acceptors (Lipinski definition) is 2. The maximum Gasteiger partial charge on any atom is 0.100 e. The van der Waals surface area contributed by atoms with Crippen LogP contribution in [0.5, 0.6) is 0 Å². The molecule has 0 saturated heterocycles. The fraction of sp³-hybridized carbons (Fsp3) is 0.125. The van der Waals surface area contributed by atoms with Crippen LogP contribution in [0.15, 0.2) is 48.8 Å². The monoisotopic (exact) mass is 283 g/mol. The molecule has 2 aromatic heterocycles. The summed E-state index contributed by atoms with van der Waals surface area (Å²) in [7, 11) is 0. The Morgan fingerprint density at radius 3 is 2.60 bits per heavy atom. The molecule has 0 aliphatic rings. The van der Waals surface area contributed by atoms with E-state index in [1.807, 2.05) is 36.4 Å². The van der Waals surface area contributed by atoms with E-state index in [-0.39, 0.29) is 0 Å². The summed E-state index contributed by atoms with van der Waals surface area (Å²) in [6.07, 6.45) is 4.48. The highest BCUT2D eigenvalue weighted by Gasteiger charge is 2.15. The number of aromatic nitrogens is 3. The highest BCUT2D eigenvalue weighted by molar-refractivity contribution is 6.30. The van der Waals surface area contributed by atoms with Gasteiger partial charge in [0.2, 0.25) is 0 Å². The second-order valence-corrected chi connectivity index (χ2v) is 4.96. The van der Waals surface area contributed by atoms with Crippen molar-refractivity contribution in [2.45, 2.75) is 13.3 Å². The zero-order valence-corrected chi connectivity index (χ0v) is 11.9. The van der Waals surface area contributed by atoms with Crippen molar-refractivity contribution in [3.63, 3.8) is 0 Å². The first kappa shape index (κ1) is 12.9. The molecule has 0 saturated carbocycles. The number of rotatable bonds is 3. The number of nitrogens with zero attached hydrogens (tertiary/aromatic N) is 2. The molecule has 2 heterocycles. The summed E-state index contributed by atoms with van der Waals surface area (Å²) in [6.45, 7) is 2.11. The molecule has 1 N–H and O–H groups in total. The number of benzene rings is 1. The molecular weight excluding hydrogens is 270 g/mol. The van der Waals surface area contributed by atoms with Crippen LogP contribution in [0.2, 0.25) is 5.02 Å². The summed E-state index contributed by atoms with van der Waals surface area (Å²) in [4.78, 5) is 4.08. The van der Waals surface area contributed by atoms with Crippen molar-refractivity contribution in [3.05, 3.63) is 59.5 Å². The largest absolute Gasteiger partial charge is 0.281 e. The standard InChI is InChI=1S/C16H14ClN3/c1-2-14-15(11-6-8-18-9-7-11)16(20-19-14)12-4-3-5-13(17)10-12/h3-10H,2H2,1H3,(H,19,20). The van der Waals surface area contributed by atoms with E-state index in [4.69, 9.17) is 11.6 Å². The third-order valence-electron chi connectivity index (χ3n) is 3.26. The SMILES string of the molecule is CCc1[nH]nc(-c2cccc(Cl)c2)c1-c1ccncc1. The van der Waals surface area contributed by atoms with Gasteiger partial charge in [-0.2, -0.15) is 5.10 Å². The average molecular weight is 284 g/mol. The normalized spacial score (nSPS) is 10.7. The van der Waals surface area contributed by atoms with E-state index in [9.17, 15) is 0 Å². The van der Waals surface area contributed by atoms with E-state index in [1.54, 1.807) is 12.4 Å². The summed E-state index contributed by atoms with van der Waals surface area (Å²) < 4.78 is 0. The number of nitrogens with one attached hydrogen (secondary N) is 1. The predicted molar refractivity (Wildman–Crippen MR) is 81.6 cm³/mol. The molecule has 0 spiro atoms. The molecule has 3 rings (SSSR count). The number of pyridine rings is 1. The van der Waals surface area contributed by atoms with Crippen molar-refractivity contribution in [3.8, 4) is 22.4 Å². The number of halogens is 1. The molecule has 1 aromatic carbocycles. The summed E-state index contributed by atoms with van der Waals surface area (Å²) in [5, 5.41) is 8.31. The van der Waals surface area contributed by atoms with Gasteiger partial charge in [-0.25, -0.2) is 0 Å². The second kappa shape index (κ2) is 5.47. The van der Waals surface area contributed by atoms with E-state index in [0.29, 0.717) is 5.02 Å². The van der Waals surface area contributed by atoms with Crippen LogP contribution in [-0.4, -0.2) is 15.2 Å². The lowest BCUT2D eigenvalue weighted by molar-refractivity contribution is 0.977. The minimum atomic E-state index is 0.712. The molecule has 0 aliphatic carbocycles. The van der Waals surface area contributed by atoms with Crippen molar-refractivity contribution in [2.24, 2.45) is 0 Å². The zero-order chi connectivity index (χ0) is 13.9. The van der Waals surface area contributed by atoms with E-state index in [2.05, 4.69) is 22.1 Å². The Kier molecular flexibility index (Phi) is 3.52. The van der Waals surface area contributed by atoms with Crippen molar-refractivity contribution in [1.82, 2.24) is 15.2 Å². The zero-order valence-electron chi connectivity index (χ0n) is 11.1. The Hall–Kier alpha value is -2.13. The van der Waals surface area contributed by atoms with Crippen LogP contribution in [0, 0.1) is 0 Å². The number of H-pyrrole nitrogens is 1. The Morgan fingerprint density at radius 1 is 1.10 bits per heavy atom. The third kappa shape index (κ3) is 2.32. The average Bonchev–Trinajstić information content (AvgIpc) is 2.92. The Bertz CT molecular complexity index is 720. The van der Waals surface area contributed by atoms with Gasteiger partial charge in [0.05, 0.1) is 0 Å². The van der Waals surface area contributed by atoms with Crippen LogP contribution in [0.1, 0.15) is 12.6 Å². The van der Waals surface area contributed by atoms with Crippen LogP contribution in [-0.2, 0) is 6.42 Å². The van der Waals surface area contributed by atoms with Crippen molar-refractivity contribution < 1.29 is 0 Å². The van der Waals surface area contributed by atoms with Gasteiger partial charge in [-0.05, 0) is 36.2 Å². The Morgan fingerprint density at radius 2 is 1.90 bits per heavy atom. The lowest BCUT2D eigenvalue weighted by atomic mass is 9.99. The van der Waals surface area contributed by atoms with Crippen molar-refractivity contribution in [2.75, 3.05) is 0 Å². The first-order chi connectivity index (χ1) is 9.79. The molecule has 20 heavy (non-hydrogen) atoms. The van der Waals surface area contributed by atoms with Crippen LogP contribution >= 0.6 is 11.6 Å². The molecule has 0 radical (unpaired) electrons. The third-order valence-corrected chi connectivity index (χ3v) is 3.50. The molecule has 100 valence electrons. The molecule has 0 bridgehead atoms. The second-order valence-electron chi connectivity index (χ2n) is 4.53. The number of hydrogen-bond donors (Lipinski definition) is 1. The van der Waals surface area contributed by atoms with E-state index in [1.165, 1.54) is 0 Å². The number of aryl methyl sites for hydroxylation is 1. The molecule has 0 unspecified atom stereocenters. The van der Waals surface area contributed by atoms with Gasteiger partial charge in [0.15, 0.2) is 0 Å². The molecule has 3 nitrogen and oxygen atoms in total. The smallest absolute Gasteiger partial charge is 0.100 e. The lowest BCUT2D eigenvalue weighted by Crippen LogP contribution is -1.87. The predicted octanol–water partition coefficient (Wildman–Crippen LogP) is 4.35. The van der Waals surface area contributed by atoms with Crippen molar-refractivity contribution >= 4 is 11.6 Å². The summed E-state index contributed by atoms with van der Waals surface area (Å²) in [5.41, 5.74) is 5.29. The Balaban J connectivity index is 2.20. The minimum absolute atomic E-state index is 0.712. The highest BCUT2D eigenvalue weighted by atomic mass is 35.5. The topological polar surface area (TPSA) is 41.6 Å². The fourth-order valence-corrected chi connectivity index (χ4v) is 2.50. The first-order valence-corrected chi connectivity index (χ1v) is 6.91. The minimum Gasteiger partial charge on any atom is -0.281 e. The van der Waals surface area contributed by atoms with Gasteiger partial charge in [-0.1, -0.05) is 30.7 Å². The molecule has 3 aromatic rings. The molecular formula is C16H14ClN3. The molecule has 0 amide bonds. The summed E-state index contributed by atoms with van der Waals surface area (Å²) in [6, 6.07) is 11.8. The van der Waals surface area contributed by atoms with Crippen LogP contribution in [0.25, 0.3) is 22.4 Å². The molecule has 4 heteroatoms. The molecule has 0 atom stereocenters. The molecule has 0 fully saturated rings. The van der Waals surface area contributed by atoms with Gasteiger partial charge in [-0.3, -0.25) is 10.1 Å². The number of aromatic amines is 1. The first-order valence-electron chi connectivity index (χ1n) is 6.53. The van der Waals surface area contributed by atoms with Gasteiger partial charge < -0.3 is 0 Å². The fourth-order valence-electron chi connectivity index (χ4n) is 2.31. The van der Waals surface area contributed by atoms with Crippen LogP contribution in [0.3, 0.4) is 0 Å². The lowest BCUT2D eigenvalue weighted by Gasteiger charge is -2.05. The highest BCUT2D eigenvalue weighted by Crippen LogP contribution is 2.33. The van der Waals surface area contributed by atoms with Crippen molar-refractivity contribution in [1.29, 1.82) is 0 Å². The van der Waals surface area contributed by atoms with Gasteiger partial charge in [0.1, 0.15) is 5.69 Å². The molecule has 0 aliphatic heterocycles. The maximum atomic E-state index is 6.09. The van der Waals surface area contributed by atoms with E-state index in [0.717, 1.165) is 34.5 Å².